The van der Waals surface area contributed by atoms with Gasteiger partial charge in [0, 0.05) is 12.6 Å². The van der Waals surface area contributed by atoms with Crippen molar-refractivity contribution in [3.05, 3.63) is 0 Å². The Balaban J connectivity index is 4.02. The standard InChI is InChI=1S/C3H9F3PSi/c1-8(2,3)7(4,5)6/h1-3H3/q+1. The van der Waals surface area contributed by atoms with E-state index in [4.69, 9.17) is 0 Å². The molecule has 0 atom stereocenters. The minimum atomic E-state index is -4.96. The lowest BCUT2D eigenvalue weighted by atomic mass is 11.8. The first-order chi connectivity index (χ1) is 3.25. The molecule has 0 aliphatic heterocycles. The Morgan fingerprint density at radius 3 is 1.12 bits per heavy atom. The number of halogens is 3. The normalized spacial score (nSPS) is 14.2. The van der Waals surface area contributed by atoms with Gasteiger partial charge < -0.3 is 0 Å². The molecule has 0 amide bonds. The highest BCUT2D eigenvalue weighted by atomic mass is 31.5. The first-order valence-corrected chi connectivity index (χ1v) is 8.03. The van der Waals surface area contributed by atoms with Crippen LogP contribution >= 0.6 is 7.74 Å². The van der Waals surface area contributed by atoms with Crippen LogP contribution in [-0.2, 0) is 0 Å². The minimum absolute atomic E-state index is 1.33. The minimum Gasteiger partial charge on any atom is -0.0266 e. The summed E-state index contributed by atoms with van der Waals surface area (Å²) in [6.45, 7) is 4.00. The van der Waals surface area contributed by atoms with Gasteiger partial charge >= 0.3 is 15.5 Å². The predicted octanol–water partition coefficient (Wildman–Crippen LogP) is 3.49. The van der Waals surface area contributed by atoms with Crippen LogP contribution in [-0.4, -0.2) is 7.74 Å². The molecule has 0 fully saturated rings. The van der Waals surface area contributed by atoms with Gasteiger partial charge in [-0.25, -0.2) is 0 Å². The molecule has 0 saturated carbocycles. The van der Waals surface area contributed by atoms with Crippen molar-refractivity contribution in [2.24, 2.45) is 0 Å². The van der Waals surface area contributed by atoms with Crippen LogP contribution in [0.25, 0.3) is 0 Å². The van der Waals surface area contributed by atoms with E-state index in [0.717, 1.165) is 0 Å². The van der Waals surface area contributed by atoms with Gasteiger partial charge in [-0.15, -0.1) is 0 Å². The maximum absolute atomic E-state index is 11.7. The van der Waals surface area contributed by atoms with Gasteiger partial charge in [0.1, 0.15) is 0 Å². The van der Waals surface area contributed by atoms with Gasteiger partial charge in [0.2, 0.25) is 0 Å². The maximum Gasteiger partial charge on any atom is 0.516 e. The number of rotatable bonds is 1. The van der Waals surface area contributed by atoms with Crippen molar-refractivity contribution in [3.63, 3.8) is 0 Å². The Hall–Kier alpha value is 0.437. The van der Waals surface area contributed by atoms with Crippen molar-refractivity contribution >= 4 is 15.5 Å². The molecule has 8 heavy (non-hydrogen) atoms. The van der Waals surface area contributed by atoms with E-state index in [1.54, 1.807) is 0 Å². The molecular weight excluding hydrogens is 152 g/mol. The molecule has 50 valence electrons. The van der Waals surface area contributed by atoms with E-state index in [-0.39, 0.29) is 0 Å². The number of hydrogen-bond acceptors (Lipinski definition) is 0. The summed E-state index contributed by atoms with van der Waals surface area (Å²) < 4.78 is 35.2. The van der Waals surface area contributed by atoms with Crippen LogP contribution in [0.5, 0.6) is 0 Å². The van der Waals surface area contributed by atoms with E-state index in [0.29, 0.717) is 0 Å². The molecular formula is C3H9F3PSi+. The lowest BCUT2D eigenvalue weighted by Crippen LogP contribution is -2.17. The fourth-order valence-electron chi connectivity index (χ4n) is 0. The van der Waals surface area contributed by atoms with Gasteiger partial charge in [0.15, 0.2) is 0 Å². The zero-order chi connectivity index (χ0) is 7.00. The Morgan fingerprint density at radius 2 is 1.12 bits per heavy atom. The maximum atomic E-state index is 11.7. The molecule has 0 spiro atoms. The SMILES string of the molecule is C[Si](C)(C)[P+](F)(F)F. The van der Waals surface area contributed by atoms with Crippen molar-refractivity contribution in [3.8, 4) is 0 Å². The summed E-state index contributed by atoms with van der Waals surface area (Å²) in [5.74, 6) is 0. The molecule has 5 heteroatoms. The molecule has 0 bridgehead atoms. The van der Waals surface area contributed by atoms with E-state index in [1.807, 2.05) is 0 Å². The zero-order valence-corrected chi connectivity index (χ0v) is 6.98. The van der Waals surface area contributed by atoms with E-state index in [9.17, 15) is 12.6 Å². The Morgan fingerprint density at radius 1 is 1.00 bits per heavy atom. The van der Waals surface area contributed by atoms with E-state index < -0.39 is 15.5 Å². The highest BCUT2D eigenvalue weighted by molar-refractivity contribution is 7.97. The largest absolute Gasteiger partial charge is 0.516 e. The second kappa shape index (κ2) is 1.99. The number of hydrogen-bond donors (Lipinski definition) is 0. The molecule has 0 rings (SSSR count). The van der Waals surface area contributed by atoms with Gasteiger partial charge in [0.25, 0.3) is 0 Å². The highest BCUT2D eigenvalue weighted by Crippen LogP contribution is 2.71. The van der Waals surface area contributed by atoms with Crippen LogP contribution in [0.15, 0.2) is 0 Å². The van der Waals surface area contributed by atoms with Gasteiger partial charge in [0.05, 0.1) is 0 Å². The smallest absolute Gasteiger partial charge is 0.0266 e. The summed E-state index contributed by atoms with van der Waals surface area (Å²) in [6.07, 6.45) is 0. The molecule has 0 aromatic carbocycles. The summed E-state index contributed by atoms with van der Waals surface area (Å²) in [4.78, 5) is 0. The van der Waals surface area contributed by atoms with Crippen LogP contribution in [0.3, 0.4) is 0 Å². The van der Waals surface area contributed by atoms with E-state index >= 15 is 0 Å². The van der Waals surface area contributed by atoms with Crippen LogP contribution in [0.4, 0.5) is 12.6 Å². The van der Waals surface area contributed by atoms with Crippen molar-refractivity contribution in [1.29, 1.82) is 0 Å². The monoisotopic (exact) mass is 161 g/mol. The second-order valence-electron chi connectivity index (χ2n) is 2.62. The average Bonchev–Trinajstić information content (AvgIpc) is 1.25. The first kappa shape index (κ1) is 8.44. The molecule has 0 unspecified atom stereocenters. The molecule has 0 N–H and O–H groups in total. The highest BCUT2D eigenvalue weighted by Gasteiger charge is 2.59. The Bertz CT molecular complexity index is 69.5. The van der Waals surface area contributed by atoms with Gasteiger partial charge in [-0.3, -0.25) is 0 Å². The van der Waals surface area contributed by atoms with E-state index in [1.165, 1.54) is 19.6 Å². The van der Waals surface area contributed by atoms with Gasteiger partial charge in [-0.2, -0.15) is 0 Å². The molecule has 0 aliphatic carbocycles. The van der Waals surface area contributed by atoms with Crippen LogP contribution in [0.1, 0.15) is 0 Å². The van der Waals surface area contributed by atoms with E-state index in [2.05, 4.69) is 0 Å². The quantitative estimate of drug-likeness (QED) is 0.408. The molecule has 0 heterocycles. The van der Waals surface area contributed by atoms with Crippen molar-refractivity contribution in [1.82, 2.24) is 0 Å². The fraction of sp³-hybridized carbons (Fsp3) is 1.00. The molecule has 0 radical (unpaired) electrons. The van der Waals surface area contributed by atoms with Crippen LogP contribution in [0.2, 0.25) is 19.6 Å². The van der Waals surface area contributed by atoms with Crippen molar-refractivity contribution in [2.75, 3.05) is 0 Å². The van der Waals surface area contributed by atoms with Gasteiger partial charge in [-0.05, 0) is 19.6 Å². The Kier molecular flexibility index (Phi) is 2.10. The third-order valence-corrected chi connectivity index (χ3v) is 6.85. The lowest BCUT2D eigenvalue weighted by Gasteiger charge is -2.05. The zero-order valence-electron chi connectivity index (χ0n) is 5.08. The topological polar surface area (TPSA) is 0 Å². The first-order valence-electron chi connectivity index (χ1n) is 2.23. The summed E-state index contributed by atoms with van der Waals surface area (Å²) in [7, 11) is -7.71. The predicted molar refractivity (Wildman–Crippen MR) is 33.6 cm³/mol. The molecule has 0 aliphatic rings. The lowest BCUT2D eigenvalue weighted by molar-refractivity contribution is 0.613. The van der Waals surface area contributed by atoms with Crippen LogP contribution < -0.4 is 0 Å². The summed E-state index contributed by atoms with van der Waals surface area (Å²) >= 11 is 0. The fourth-order valence-corrected chi connectivity index (χ4v) is 0. The molecule has 0 aromatic heterocycles. The molecule has 0 nitrogen and oxygen atoms in total. The third-order valence-electron chi connectivity index (χ3n) is 0.761. The Labute approximate surface area is 48.6 Å². The second-order valence-corrected chi connectivity index (χ2v) is 13.4. The van der Waals surface area contributed by atoms with Crippen LogP contribution in [0, 0.1) is 0 Å². The van der Waals surface area contributed by atoms with Crippen molar-refractivity contribution in [2.45, 2.75) is 19.6 Å². The molecule has 0 aromatic rings. The average molecular weight is 161 g/mol. The van der Waals surface area contributed by atoms with Crippen molar-refractivity contribution < 1.29 is 12.6 Å². The summed E-state index contributed by atoms with van der Waals surface area (Å²) in [5.41, 5.74) is 0. The molecule has 0 saturated heterocycles. The van der Waals surface area contributed by atoms with Gasteiger partial charge in [-0.1, -0.05) is 0 Å². The summed E-state index contributed by atoms with van der Waals surface area (Å²) in [5, 5.41) is 0. The summed E-state index contributed by atoms with van der Waals surface area (Å²) in [6, 6.07) is 0. The third kappa shape index (κ3) is 2.14.